The minimum absolute atomic E-state index is 0.0761. The third kappa shape index (κ3) is 5.34. The van der Waals surface area contributed by atoms with Crippen LogP contribution in [0.3, 0.4) is 0 Å². The summed E-state index contributed by atoms with van der Waals surface area (Å²) in [6, 6.07) is 20.4. The number of hydrogen-bond acceptors (Lipinski definition) is 5. The zero-order chi connectivity index (χ0) is 26.6. The average molecular weight is 514 g/mol. The summed E-state index contributed by atoms with van der Waals surface area (Å²) in [5, 5.41) is 9.47. The lowest BCUT2D eigenvalue weighted by molar-refractivity contribution is -0.130. The quantitative estimate of drug-likeness (QED) is 0.303. The molecule has 1 aromatic heterocycles. The molecule has 0 bridgehead atoms. The van der Waals surface area contributed by atoms with Gasteiger partial charge >= 0.3 is 5.97 Å². The zero-order valence-corrected chi connectivity index (χ0v) is 21.6. The number of para-hydroxylation sites is 2. The highest BCUT2D eigenvalue weighted by molar-refractivity contribution is 5.93. The van der Waals surface area contributed by atoms with Crippen LogP contribution in [-0.2, 0) is 4.79 Å². The monoisotopic (exact) mass is 513 g/mol. The molecule has 5 rings (SSSR count). The molecule has 0 atom stereocenters. The third-order valence-electron chi connectivity index (χ3n) is 6.92. The van der Waals surface area contributed by atoms with Crippen LogP contribution in [0.2, 0.25) is 0 Å². The maximum atomic E-state index is 11.9. The van der Waals surface area contributed by atoms with Crippen molar-refractivity contribution >= 4 is 22.9 Å². The molecule has 8 nitrogen and oxygen atoms in total. The van der Waals surface area contributed by atoms with E-state index in [1.807, 2.05) is 42.5 Å². The number of likely N-dealkylation sites (N-methyl/N-ethyl adjacent to an activating group) is 1. The lowest BCUT2D eigenvalue weighted by Gasteiger charge is -2.25. The molecule has 4 aromatic rings. The van der Waals surface area contributed by atoms with Gasteiger partial charge in [-0.3, -0.25) is 4.79 Å². The minimum Gasteiger partial charge on any atom is -0.480 e. The number of carboxylic acid groups (broad SMARTS) is 1. The third-order valence-corrected chi connectivity index (χ3v) is 6.92. The Labute approximate surface area is 221 Å². The maximum absolute atomic E-state index is 11.9. The van der Waals surface area contributed by atoms with Crippen LogP contribution in [0.1, 0.15) is 48.5 Å². The van der Waals surface area contributed by atoms with Gasteiger partial charge in [-0.1, -0.05) is 31.4 Å². The number of nitrogens with zero attached hydrogens (tertiary/aromatic N) is 3. The number of carbonyl (C=O) groups excluding carboxylic acids is 1. The van der Waals surface area contributed by atoms with Gasteiger partial charge in [0.15, 0.2) is 18.1 Å². The first-order chi connectivity index (χ1) is 18.4. The van der Waals surface area contributed by atoms with Crippen molar-refractivity contribution in [3.63, 3.8) is 0 Å². The molecular weight excluding hydrogens is 482 g/mol. The van der Waals surface area contributed by atoms with E-state index in [-0.39, 0.29) is 18.1 Å². The smallest absolute Gasteiger partial charge is 0.335 e. The molecule has 1 heterocycles. The van der Waals surface area contributed by atoms with Gasteiger partial charge in [-0.2, -0.15) is 0 Å². The molecular formula is C30H31N3O5. The Morgan fingerprint density at radius 2 is 1.68 bits per heavy atom. The number of aromatic carboxylic acids is 1. The lowest BCUT2D eigenvalue weighted by Crippen LogP contribution is -2.27. The second kappa shape index (κ2) is 11.0. The summed E-state index contributed by atoms with van der Waals surface area (Å²) in [6.07, 6.45) is 5.74. The van der Waals surface area contributed by atoms with Gasteiger partial charge in [-0.25, -0.2) is 9.78 Å². The predicted molar refractivity (Wildman–Crippen MR) is 145 cm³/mol. The van der Waals surface area contributed by atoms with Crippen molar-refractivity contribution in [3.8, 4) is 28.6 Å². The van der Waals surface area contributed by atoms with E-state index < -0.39 is 5.97 Å². The van der Waals surface area contributed by atoms with Crippen LogP contribution in [0, 0.1) is 0 Å². The van der Waals surface area contributed by atoms with E-state index in [0.717, 1.165) is 29.7 Å². The number of benzene rings is 3. The number of carbonyl (C=O) groups is 2. The fraction of sp³-hybridized carbons (Fsp3) is 0.300. The first-order valence-electron chi connectivity index (χ1n) is 12.9. The van der Waals surface area contributed by atoms with Crippen LogP contribution < -0.4 is 9.47 Å². The molecule has 1 N–H and O–H groups in total. The molecule has 0 spiro atoms. The van der Waals surface area contributed by atoms with E-state index in [0.29, 0.717) is 28.8 Å². The number of carboxylic acids is 1. The van der Waals surface area contributed by atoms with Crippen molar-refractivity contribution in [1.29, 1.82) is 0 Å². The van der Waals surface area contributed by atoms with E-state index in [1.54, 1.807) is 38.4 Å². The van der Waals surface area contributed by atoms with E-state index in [2.05, 4.69) is 4.57 Å². The Hall–Kier alpha value is -4.33. The first-order valence-corrected chi connectivity index (χ1v) is 12.9. The van der Waals surface area contributed by atoms with Crippen LogP contribution in [0.4, 0.5) is 0 Å². The van der Waals surface area contributed by atoms with Gasteiger partial charge in [0, 0.05) is 25.7 Å². The predicted octanol–water partition coefficient (Wildman–Crippen LogP) is 6.17. The second-order valence-corrected chi connectivity index (χ2v) is 9.76. The van der Waals surface area contributed by atoms with E-state index >= 15 is 0 Å². The number of fused-ring (bicyclic) bond motifs is 1. The van der Waals surface area contributed by atoms with E-state index in [4.69, 9.17) is 14.5 Å². The molecule has 1 aliphatic carbocycles. The number of imidazole rings is 1. The summed E-state index contributed by atoms with van der Waals surface area (Å²) in [4.78, 5) is 29.9. The molecule has 3 aromatic carbocycles. The van der Waals surface area contributed by atoms with Gasteiger partial charge in [0.25, 0.3) is 5.91 Å². The highest BCUT2D eigenvalue weighted by Crippen LogP contribution is 2.37. The topological polar surface area (TPSA) is 93.9 Å². The summed E-state index contributed by atoms with van der Waals surface area (Å²) in [5.74, 6) is 1.35. The summed E-state index contributed by atoms with van der Waals surface area (Å²) in [7, 11) is 3.37. The highest BCUT2D eigenvalue weighted by Gasteiger charge is 2.23. The molecule has 0 unspecified atom stereocenters. The van der Waals surface area contributed by atoms with Gasteiger partial charge in [0.1, 0.15) is 11.6 Å². The average Bonchev–Trinajstić information content (AvgIpc) is 3.32. The Morgan fingerprint density at radius 3 is 2.37 bits per heavy atom. The van der Waals surface area contributed by atoms with Crippen molar-refractivity contribution in [2.24, 2.45) is 0 Å². The van der Waals surface area contributed by atoms with Crippen LogP contribution in [0.15, 0.2) is 66.7 Å². The number of rotatable bonds is 8. The Kier molecular flexibility index (Phi) is 7.31. The van der Waals surface area contributed by atoms with Crippen molar-refractivity contribution < 1.29 is 24.2 Å². The molecule has 1 fully saturated rings. The molecule has 38 heavy (non-hydrogen) atoms. The van der Waals surface area contributed by atoms with Gasteiger partial charge in [-0.15, -0.1) is 0 Å². The fourth-order valence-corrected chi connectivity index (χ4v) is 4.87. The summed E-state index contributed by atoms with van der Waals surface area (Å²) in [5.41, 5.74) is 2.80. The fourth-order valence-electron chi connectivity index (χ4n) is 4.87. The van der Waals surface area contributed by atoms with Crippen molar-refractivity contribution in [2.75, 3.05) is 20.7 Å². The number of amides is 1. The standard InChI is InChI=1S/C30H31N3O5/c1-32(2)28(34)19-37-26-10-6-7-11-27(26)38-23-15-12-20(13-16-23)29-31-24-18-21(30(35)36)14-17-25(24)33(29)22-8-4-3-5-9-22/h6-7,10-18,22H,3-5,8-9,19H2,1-2H3,(H,35,36). The van der Waals surface area contributed by atoms with Gasteiger partial charge in [0.2, 0.25) is 0 Å². The summed E-state index contributed by atoms with van der Waals surface area (Å²) < 4.78 is 14.1. The number of hydrogen-bond donors (Lipinski definition) is 1. The Balaban J connectivity index is 1.43. The van der Waals surface area contributed by atoms with E-state index in [1.165, 1.54) is 24.2 Å². The SMILES string of the molecule is CN(C)C(=O)COc1ccccc1Oc1ccc(-c2nc3cc(C(=O)O)ccc3n2C2CCCCC2)cc1. The molecule has 0 saturated heterocycles. The van der Waals surface area contributed by atoms with Gasteiger partial charge in [-0.05, 0) is 67.4 Å². The number of ether oxygens (including phenoxy) is 2. The first kappa shape index (κ1) is 25.3. The van der Waals surface area contributed by atoms with Crippen LogP contribution in [0.25, 0.3) is 22.4 Å². The molecule has 1 saturated carbocycles. The van der Waals surface area contributed by atoms with Crippen molar-refractivity contribution in [3.05, 3.63) is 72.3 Å². The van der Waals surface area contributed by atoms with Crippen molar-refractivity contribution in [1.82, 2.24) is 14.5 Å². The lowest BCUT2D eigenvalue weighted by atomic mass is 9.95. The van der Waals surface area contributed by atoms with Gasteiger partial charge < -0.3 is 24.0 Å². The maximum Gasteiger partial charge on any atom is 0.335 e. The highest BCUT2D eigenvalue weighted by atomic mass is 16.5. The van der Waals surface area contributed by atoms with Crippen LogP contribution in [0.5, 0.6) is 17.2 Å². The largest absolute Gasteiger partial charge is 0.480 e. The zero-order valence-electron chi connectivity index (χ0n) is 21.6. The van der Waals surface area contributed by atoms with Crippen LogP contribution in [-0.4, -0.2) is 52.1 Å². The molecule has 196 valence electrons. The number of aromatic nitrogens is 2. The normalized spacial score (nSPS) is 13.8. The molecule has 1 amide bonds. The Morgan fingerprint density at radius 1 is 0.974 bits per heavy atom. The summed E-state index contributed by atoms with van der Waals surface area (Å²) >= 11 is 0. The molecule has 0 aliphatic heterocycles. The molecule has 8 heteroatoms. The molecule has 0 radical (unpaired) electrons. The van der Waals surface area contributed by atoms with Crippen LogP contribution >= 0.6 is 0 Å². The van der Waals surface area contributed by atoms with E-state index in [9.17, 15) is 14.7 Å². The minimum atomic E-state index is -0.961. The Bertz CT molecular complexity index is 1450. The molecule has 1 aliphatic rings. The second-order valence-electron chi connectivity index (χ2n) is 9.76. The summed E-state index contributed by atoms with van der Waals surface area (Å²) in [6.45, 7) is -0.0761. The van der Waals surface area contributed by atoms with Gasteiger partial charge in [0.05, 0.1) is 16.6 Å². The van der Waals surface area contributed by atoms with Crippen molar-refractivity contribution in [2.45, 2.75) is 38.1 Å².